The predicted molar refractivity (Wildman–Crippen MR) is 76.9 cm³/mol. The molecule has 3 nitrogen and oxygen atoms in total. The lowest BCUT2D eigenvalue weighted by Crippen LogP contribution is -2.35. The van der Waals surface area contributed by atoms with Crippen molar-refractivity contribution in [3.63, 3.8) is 0 Å². The van der Waals surface area contributed by atoms with Crippen molar-refractivity contribution in [2.75, 3.05) is 14.2 Å². The summed E-state index contributed by atoms with van der Waals surface area (Å²) >= 11 is 0. The van der Waals surface area contributed by atoms with Gasteiger partial charge in [-0.3, -0.25) is 4.79 Å². The van der Waals surface area contributed by atoms with E-state index in [1.807, 2.05) is 12.1 Å². The van der Waals surface area contributed by atoms with Gasteiger partial charge in [0.25, 0.3) is 0 Å². The van der Waals surface area contributed by atoms with Gasteiger partial charge in [-0.05, 0) is 22.9 Å². The molecule has 1 unspecified atom stereocenters. The summed E-state index contributed by atoms with van der Waals surface area (Å²) < 4.78 is 10.9. The second kappa shape index (κ2) is 5.00. The lowest BCUT2D eigenvalue weighted by atomic mass is 9.79. The van der Waals surface area contributed by atoms with Gasteiger partial charge in [0.2, 0.25) is 0 Å². The van der Waals surface area contributed by atoms with E-state index in [4.69, 9.17) is 9.47 Å². The Bertz CT molecular complexity index is 738. The zero-order valence-corrected chi connectivity index (χ0v) is 11.6. The Morgan fingerprint density at radius 1 is 1.20 bits per heavy atom. The van der Waals surface area contributed by atoms with Crippen molar-refractivity contribution in [2.45, 2.75) is 6.42 Å². The first kappa shape index (κ1) is 12.7. The molecule has 0 saturated heterocycles. The Morgan fingerprint density at radius 2 is 2.00 bits per heavy atom. The predicted octanol–water partition coefficient (Wildman–Crippen LogP) is 1.28. The first-order valence-corrected chi connectivity index (χ1v) is 6.59. The van der Waals surface area contributed by atoms with Gasteiger partial charge in [-0.15, -0.1) is 0 Å². The van der Waals surface area contributed by atoms with E-state index >= 15 is 0 Å². The SMILES string of the molecule is COC1=C(OC)C2=c3ccccc3=CCC2C(C=O)=C1. The fraction of sp³-hybridized carbons (Fsp3) is 0.235. The molecule has 0 aromatic heterocycles. The average Bonchev–Trinajstić information content (AvgIpc) is 2.52. The van der Waals surface area contributed by atoms with Crippen LogP contribution in [0.2, 0.25) is 0 Å². The molecule has 1 atom stereocenters. The molecule has 0 fully saturated rings. The third-order valence-corrected chi connectivity index (χ3v) is 3.90. The molecule has 0 heterocycles. The van der Waals surface area contributed by atoms with Crippen LogP contribution in [0.4, 0.5) is 0 Å². The molecule has 2 aliphatic rings. The summed E-state index contributed by atoms with van der Waals surface area (Å²) in [4.78, 5) is 11.4. The smallest absolute Gasteiger partial charge is 0.165 e. The van der Waals surface area contributed by atoms with Gasteiger partial charge in [0.15, 0.2) is 11.5 Å². The number of hydrogen-bond donors (Lipinski definition) is 0. The molecule has 1 aromatic rings. The van der Waals surface area contributed by atoms with Gasteiger partial charge in [0, 0.05) is 17.1 Å². The van der Waals surface area contributed by atoms with Crippen LogP contribution in [0.25, 0.3) is 11.6 Å². The highest BCUT2D eigenvalue weighted by atomic mass is 16.5. The number of carbonyl (C=O) groups excluding carboxylic acids is 1. The lowest BCUT2D eigenvalue weighted by molar-refractivity contribution is -0.105. The van der Waals surface area contributed by atoms with E-state index in [0.29, 0.717) is 5.76 Å². The molecule has 0 bridgehead atoms. The standard InChI is InChI=1S/C17H16O3/c1-19-15-9-12(10-18)14-8-7-11-5-3-4-6-13(11)16(14)17(15)20-2/h3-7,9-10,14H,8H2,1-2H3. The van der Waals surface area contributed by atoms with Crippen molar-refractivity contribution in [1.82, 2.24) is 0 Å². The van der Waals surface area contributed by atoms with E-state index in [2.05, 4.69) is 18.2 Å². The summed E-state index contributed by atoms with van der Waals surface area (Å²) in [6.45, 7) is 0. The molecular formula is C17H16O3. The molecule has 0 spiro atoms. The first-order chi connectivity index (χ1) is 9.80. The minimum atomic E-state index is 0.0521. The summed E-state index contributed by atoms with van der Waals surface area (Å²) in [7, 11) is 3.23. The Balaban J connectivity index is 2.40. The number of methoxy groups -OCH3 is 2. The van der Waals surface area contributed by atoms with Crippen molar-refractivity contribution in [3.8, 4) is 0 Å². The molecule has 0 aliphatic heterocycles. The molecule has 102 valence electrons. The van der Waals surface area contributed by atoms with Crippen LogP contribution in [-0.4, -0.2) is 20.5 Å². The first-order valence-electron chi connectivity index (χ1n) is 6.59. The number of hydrogen-bond acceptors (Lipinski definition) is 3. The van der Waals surface area contributed by atoms with Gasteiger partial charge in [0.05, 0.1) is 14.2 Å². The average molecular weight is 268 g/mol. The van der Waals surface area contributed by atoms with E-state index in [1.54, 1.807) is 20.3 Å². The Hall–Kier alpha value is -2.29. The minimum absolute atomic E-state index is 0.0521. The molecule has 20 heavy (non-hydrogen) atoms. The Labute approximate surface area is 117 Å². The number of fused-ring (bicyclic) bond motifs is 2. The zero-order chi connectivity index (χ0) is 14.1. The highest BCUT2D eigenvalue weighted by Gasteiger charge is 2.31. The number of carbonyl (C=O) groups is 1. The van der Waals surface area contributed by atoms with E-state index < -0.39 is 0 Å². The van der Waals surface area contributed by atoms with Crippen molar-refractivity contribution in [2.24, 2.45) is 5.92 Å². The zero-order valence-electron chi connectivity index (χ0n) is 11.6. The number of rotatable bonds is 3. The third-order valence-electron chi connectivity index (χ3n) is 3.90. The van der Waals surface area contributed by atoms with Crippen LogP contribution in [0.3, 0.4) is 0 Å². The van der Waals surface area contributed by atoms with Crippen LogP contribution in [0.15, 0.2) is 47.4 Å². The maximum Gasteiger partial charge on any atom is 0.165 e. The van der Waals surface area contributed by atoms with Crippen LogP contribution in [-0.2, 0) is 14.3 Å². The molecule has 0 amide bonds. The summed E-state index contributed by atoms with van der Waals surface area (Å²) in [6, 6.07) is 8.16. The number of aldehydes is 1. The van der Waals surface area contributed by atoms with Crippen LogP contribution in [0.1, 0.15) is 6.42 Å². The molecule has 3 heteroatoms. The highest BCUT2D eigenvalue weighted by Crippen LogP contribution is 2.37. The normalized spacial score (nSPS) is 20.4. The minimum Gasteiger partial charge on any atom is -0.493 e. The second-order valence-corrected chi connectivity index (χ2v) is 4.86. The van der Waals surface area contributed by atoms with Gasteiger partial charge in [-0.2, -0.15) is 0 Å². The Kier molecular flexibility index (Phi) is 3.18. The summed E-state index contributed by atoms with van der Waals surface area (Å²) in [5, 5.41) is 2.29. The van der Waals surface area contributed by atoms with Gasteiger partial charge >= 0.3 is 0 Å². The third kappa shape index (κ3) is 1.78. The molecule has 2 aliphatic carbocycles. The molecule has 1 aromatic carbocycles. The van der Waals surface area contributed by atoms with E-state index in [9.17, 15) is 4.79 Å². The van der Waals surface area contributed by atoms with Crippen LogP contribution >= 0.6 is 0 Å². The van der Waals surface area contributed by atoms with Crippen molar-refractivity contribution in [1.29, 1.82) is 0 Å². The van der Waals surface area contributed by atoms with Crippen LogP contribution in [0, 0.1) is 5.92 Å². The number of allylic oxidation sites excluding steroid dienone is 3. The maximum atomic E-state index is 11.4. The quantitative estimate of drug-likeness (QED) is 0.775. The van der Waals surface area contributed by atoms with E-state index in [0.717, 1.165) is 34.8 Å². The Morgan fingerprint density at radius 3 is 2.70 bits per heavy atom. The lowest BCUT2D eigenvalue weighted by Gasteiger charge is -2.28. The second-order valence-electron chi connectivity index (χ2n) is 4.86. The number of ether oxygens (including phenoxy) is 2. The summed E-state index contributed by atoms with van der Waals surface area (Å²) in [5.41, 5.74) is 1.79. The van der Waals surface area contributed by atoms with Crippen LogP contribution in [0.5, 0.6) is 0 Å². The molecule has 3 rings (SSSR count). The molecule has 0 radical (unpaired) electrons. The van der Waals surface area contributed by atoms with Crippen molar-refractivity contribution >= 4 is 17.9 Å². The summed E-state index contributed by atoms with van der Waals surface area (Å²) in [5.74, 6) is 1.39. The van der Waals surface area contributed by atoms with Crippen molar-refractivity contribution < 1.29 is 14.3 Å². The van der Waals surface area contributed by atoms with E-state index in [-0.39, 0.29) is 5.92 Å². The van der Waals surface area contributed by atoms with Gasteiger partial charge in [0.1, 0.15) is 6.29 Å². The monoisotopic (exact) mass is 268 g/mol. The van der Waals surface area contributed by atoms with Gasteiger partial charge < -0.3 is 9.47 Å². The number of benzene rings is 1. The molecule has 0 N–H and O–H groups in total. The van der Waals surface area contributed by atoms with Crippen LogP contribution < -0.4 is 10.4 Å². The maximum absolute atomic E-state index is 11.4. The van der Waals surface area contributed by atoms with Crippen molar-refractivity contribution in [3.05, 3.63) is 57.9 Å². The fourth-order valence-electron chi connectivity index (χ4n) is 2.98. The fourth-order valence-corrected chi connectivity index (χ4v) is 2.98. The molecular weight excluding hydrogens is 252 g/mol. The highest BCUT2D eigenvalue weighted by molar-refractivity contribution is 5.86. The topological polar surface area (TPSA) is 35.5 Å². The van der Waals surface area contributed by atoms with Gasteiger partial charge in [-0.1, -0.05) is 30.3 Å². The van der Waals surface area contributed by atoms with Gasteiger partial charge in [-0.25, -0.2) is 0 Å². The largest absolute Gasteiger partial charge is 0.493 e. The molecule has 0 saturated carbocycles. The van der Waals surface area contributed by atoms with E-state index in [1.165, 1.54) is 5.22 Å². The summed E-state index contributed by atoms with van der Waals surface area (Å²) in [6.07, 6.45) is 5.67.